The Morgan fingerprint density at radius 2 is 1.92 bits per heavy atom. The van der Waals surface area contributed by atoms with Gasteiger partial charge in [-0.25, -0.2) is 0 Å². The van der Waals surface area contributed by atoms with E-state index in [0.717, 1.165) is 6.54 Å². The van der Waals surface area contributed by atoms with E-state index in [1.807, 2.05) is 14.0 Å². The van der Waals surface area contributed by atoms with Gasteiger partial charge in [0.1, 0.15) is 0 Å². The second kappa shape index (κ2) is 4.24. The molecule has 0 aromatic heterocycles. The monoisotopic (exact) mass is 171 g/mol. The SMILES string of the molecule is CNCC1(C(C)O)CCCCC1. The highest BCUT2D eigenvalue weighted by molar-refractivity contribution is 4.88. The van der Waals surface area contributed by atoms with Crippen molar-refractivity contribution in [1.29, 1.82) is 0 Å². The van der Waals surface area contributed by atoms with Crippen molar-refractivity contribution in [3.63, 3.8) is 0 Å². The molecule has 1 fully saturated rings. The van der Waals surface area contributed by atoms with Crippen molar-refractivity contribution in [2.24, 2.45) is 5.41 Å². The molecule has 1 aliphatic rings. The highest BCUT2D eigenvalue weighted by atomic mass is 16.3. The van der Waals surface area contributed by atoms with E-state index in [1.165, 1.54) is 32.1 Å². The summed E-state index contributed by atoms with van der Waals surface area (Å²) in [5, 5.41) is 12.9. The summed E-state index contributed by atoms with van der Waals surface area (Å²) in [5.41, 5.74) is 0.174. The summed E-state index contributed by atoms with van der Waals surface area (Å²) in [6.45, 7) is 2.90. The standard InChI is InChI=1S/C10H21NO/c1-9(12)10(8-11-2)6-4-3-5-7-10/h9,11-12H,3-8H2,1-2H3. The number of hydrogen-bond donors (Lipinski definition) is 2. The van der Waals surface area contributed by atoms with Crippen molar-refractivity contribution in [3.8, 4) is 0 Å². The van der Waals surface area contributed by atoms with Crippen molar-refractivity contribution in [2.45, 2.75) is 45.1 Å². The van der Waals surface area contributed by atoms with Crippen molar-refractivity contribution in [2.75, 3.05) is 13.6 Å². The number of rotatable bonds is 3. The second-order valence-electron chi connectivity index (χ2n) is 4.13. The van der Waals surface area contributed by atoms with Gasteiger partial charge < -0.3 is 10.4 Å². The molecule has 0 aromatic rings. The molecule has 1 saturated carbocycles. The van der Waals surface area contributed by atoms with Crippen LogP contribution in [0.5, 0.6) is 0 Å². The second-order valence-corrected chi connectivity index (χ2v) is 4.13. The quantitative estimate of drug-likeness (QED) is 0.675. The minimum Gasteiger partial charge on any atom is -0.393 e. The zero-order valence-electron chi connectivity index (χ0n) is 8.27. The fraction of sp³-hybridized carbons (Fsp3) is 1.00. The van der Waals surface area contributed by atoms with Crippen LogP contribution in [0.25, 0.3) is 0 Å². The molecule has 0 radical (unpaired) electrons. The number of aliphatic hydroxyl groups excluding tert-OH is 1. The molecule has 0 amide bonds. The van der Waals surface area contributed by atoms with Crippen molar-refractivity contribution < 1.29 is 5.11 Å². The van der Waals surface area contributed by atoms with E-state index in [9.17, 15) is 5.11 Å². The molecular weight excluding hydrogens is 150 g/mol. The molecule has 2 nitrogen and oxygen atoms in total. The third-order valence-electron chi connectivity index (χ3n) is 3.26. The lowest BCUT2D eigenvalue weighted by atomic mass is 9.70. The largest absolute Gasteiger partial charge is 0.393 e. The Kier molecular flexibility index (Phi) is 3.53. The molecule has 2 heteroatoms. The molecule has 1 unspecified atom stereocenters. The average molecular weight is 171 g/mol. The normalized spacial score (nSPS) is 25.2. The lowest BCUT2D eigenvalue weighted by molar-refractivity contribution is 0.0105. The summed E-state index contributed by atoms with van der Waals surface area (Å²) in [6.07, 6.45) is 6.12. The highest BCUT2D eigenvalue weighted by Gasteiger charge is 2.35. The molecule has 0 bridgehead atoms. The predicted octanol–water partition coefficient (Wildman–Crippen LogP) is 1.54. The zero-order valence-corrected chi connectivity index (χ0v) is 8.27. The van der Waals surface area contributed by atoms with Gasteiger partial charge in [0.2, 0.25) is 0 Å². The molecule has 1 rings (SSSR count). The summed E-state index contributed by atoms with van der Waals surface area (Å²) in [5.74, 6) is 0. The minimum absolute atomic E-state index is 0.162. The van der Waals surface area contributed by atoms with E-state index >= 15 is 0 Å². The van der Waals surface area contributed by atoms with Crippen LogP contribution < -0.4 is 5.32 Å². The van der Waals surface area contributed by atoms with E-state index in [1.54, 1.807) is 0 Å². The smallest absolute Gasteiger partial charge is 0.0580 e. The maximum absolute atomic E-state index is 9.72. The van der Waals surface area contributed by atoms with Crippen LogP contribution >= 0.6 is 0 Å². The molecule has 1 aliphatic carbocycles. The Morgan fingerprint density at radius 3 is 2.33 bits per heavy atom. The van der Waals surface area contributed by atoms with Gasteiger partial charge in [-0.2, -0.15) is 0 Å². The van der Waals surface area contributed by atoms with Crippen LogP contribution in [0.2, 0.25) is 0 Å². The van der Waals surface area contributed by atoms with Gasteiger partial charge in [0, 0.05) is 12.0 Å². The van der Waals surface area contributed by atoms with E-state index < -0.39 is 0 Å². The maximum atomic E-state index is 9.72. The van der Waals surface area contributed by atoms with Gasteiger partial charge in [0.15, 0.2) is 0 Å². The molecule has 72 valence electrons. The summed E-state index contributed by atoms with van der Waals surface area (Å²) < 4.78 is 0. The third kappa shape index (κ3) is 1.99. The summed E-state index contributed by atoms with van der Waals surface area (Å²) in [6, 6.07) is 0. The fourth-order valence-corrected chi connectivity index (χ4v) is 2.35. The van der Waals surface area contributed by atoms with Gasteiger partial charge >= 0.3 is 0 Å². The fourth-order valence-electron chi connectivity index (χ4n) is 2.35. The van der Waals surface area contributed by atoms with Gasteiger partial charge in [-0.1, -0.05) is 19.3 Å². The molecule has 1 atom stereocenters. The summed E-state index contributed by atoms with van der Waals surface area (Å²) in [4.78, 5) is 0. The predicted molar refractivity (Wildman–Crippen MR) is 51.1 cm³/mol. The van der Waals surface area contributed by atoms with Crippen LogP contribution in [-0.2, 0) is 0 Å². The van der Waals surface area contributed by atoms with Crippen LogP contribution in [0, 0.1) is 5.41 Å². The van der Waals surface area contributed by atoms with Crippen LogP contribution in [0.4, 0.5) is 0 Å². The Morgan fingerprint density at radius 1 is 1.33 bits per heavy atom. The zero-order chi connectivity index (χ0) is 9.03. The van der Waals surface area contributed by atoms with Crippen LogP contribution in [0.1, 0.15) is 39.0 Å². The van der Waals surface area contributed by atoms with Gasteiger partial charge in [0.25, 0.3) is 0 Å². The Bertz CT molecular complexity index is 122. The number of nitrogens with one attached hydrogen (secondary N) is 1. The van der Waals surface area contributed by atoms with Gasteiger partial charge in [-0.15, -0.1) is 0 Å². The van der Waals surface area contributed by atoms with Gasteiger partial charge in [-0.3, -0.25) is 0 Å². The van der Waals surface area contributed by atoms with Gasteiger partial charge in [-0.05, 0) is 26.8 Å². The number of aliphatic hydroxyl groups is 1. The van der Waals surface area contributed by atoms with E-state index in [-0.39, 0.29) is 11.5 Å². The van der Waals surface area contributed by atoms with Crippen molar-refractivity contribution in [1.82, 2.24) is 5.32 Å². The molecular formula is C10H21NO. The van der Waals surface area contributed by atoms with E-state index in [4.69, 9.17) is 0 Å². The highest BCUT2D eigenvalue weighted by Crippen LogP contribution is 2.38. The lowest BCUT2D eigenvalue weighted by Gasteiger charge is -2.39. The van der Waals surface area contributed by atoms with Crippen molar-refractivity contribution in [3.05, 3.63) is 0 Å². The topological polar surface area (TPSA) is 32.3 Å². The summed E-state index contributed by atoms with van der Waals surface area (Å²) >= 11 is 0. The third-order valence-corrected chi connectivity index (χ3v) is 3.26. The minimum atomic E-state index is -0.162. The molecule has 0 saturated heterocycles. The van der Waals surface area contributed by atoms with Crippen LogP contribution in [0.15, 0.2) is 0 Å². The molecule has 0 heterocycles. The molecule has 2 N–H and O–H groups in total. The first-order chi connectivity index (χ1) is 5.71. The molecule has 0 aromatic carbocycles. The first-order valence-electron chi connectivity index (χ1n) is 5.04. The lowest BCUT2D eigenvalue weighted by Crippen LogP contribution is -2.42. The van der Waals surface area contributed by atoms with Crippen LogP contribution in [-0.4, -0.2) is 24.8 Å². The molecule has 12 heavy (non-hydrogen) atoms. The molecule has 0 spiro atoms. The van der Waals surface area contributed by atoms with Crippen molar-refractivity contribution >= 4 is 0 Å². The Hall–Kier alpha value is -0.0800. The average Bonchev–Trinajstić information content (AvgIpc) is 2.06. The first kappa shape index (κ1) is 10.0. The molecule has 0 aliphatic heterocycles. The van der Waals surface area contributed by atoms with Gasteiger partial charge in [0.05, 0.1) is 6.10 Å². The van der Waals surface area contributed by atoms with E-state index in [2.05, 4.69) is 5.32 Å². The van der Waals surface area contributed by atoms with Crippen LogP contribution in [0.3, 0.4) is 0 Å². The summed E-state index contributed by atoms with van der Waals surface area (Å²) in [7, 11) is 1.97. The Labute approximate surface area is 75.4 Å². The van der Waals surface area contributed by atoms with E-state index in [0.29, 0.717) is 0 Å². The maximum Gasteiger partial charge on any atom is 0.0580 e. The Balaban J connectivity index is 2.56. The number of hydrogen-bond acceptors (Lipinski definition) is 2. The first-order valence-corrected chi connectivity index (χ1v) is 5.04.